The van der Waals surface area contributed by atoms with Crippen molar-refractivity contribution >= 4 is 5.97 Å². The van der Waals surface area contributed by atoms with Gasteiger partial charge < -0.3 is 9.84 Å². The molecule has 0 unspecified atom stereocenters. The SMILES string of the molecule is O=C1OCCC=C1O. The highest BCUT2D eigenvalue weighted by Crippen LogP contribution is 2.02. The van der Waals surface area contributed by atoms with Crippen LogP contribution in [0.2, 0.25) is 0 Å². The molecule has 1 rings (SSSR count). The maximum Gasteiger partial charge on any atom is 0.373 e. The molecule has 8 heavy (non-hydrogen) atoms. The van der Waals surface area contributed by atoms with E-state index < -0.39 is 5.97 Å². The molecule has 0 saturated carbocycles. The predicted molar refractivity (Wildman–Crippen MR) is 26.3 cm³/mol. The zero-order valence-electron chi connectivity index (χ0n) is 4.26. The first-order chi connectivity index (χ1) is 3.80. The molecule has 0 fully saturated rings. The Morgan fingerprint density at radius 1 is 1.75 bits per heavy atom. The van der Waals surface area contributed by atoms with E-state index in [1.807, 2.05) is 0 Å². The van der Waals surface area contributed by atoms with Gasteiger partial charge in [-0.3, -0.25) is 0 Å². The Hall–Kier alpha value is -0.990. The van der Waals surface area contributed by atoms with Gasteiger partial charge in [-0.25, -0.2) is 4.79 Å². The second kappa shape index (κ2) is 1.86. The van der Waals surface area contributed by atoms with Gasteiger partial charge in [0.15, 0.2) is 5.76 Å². The van der Waals surface area contributed by atoms with E-state index in [1.54, 1.807) is 0 Å². The summed E-state index contributed by atoms with van der Waals surface area (Å²) in [6.45, 7) is 0.392. The van der Waals surface area contributed by atoms with Crippen molar-refractivity contribution < 1.29 is 14.6 Å². The van der Waals surface area contributed by atoms with Crippen LogP contribution < -0.4 is 0 Å². The van der Waals surface area contributed by atoms with Crippen molar-refractivity contribution in [2.45, 2.75) is 6.42 Å². The number of aliphatic hydroxyl groups is 1. The largest absolute Gasteiger partial charge is 0.502 e. The van der Waals surface area contributed by atoms with E-state index in [2.05, 4.69) is 4.74 Å². The molecule has 0 atom stereocenters. The van der Waals surface area contributed by atoms with E-state index in [1.165, 1.54) is 6.08 Å². The highest BCUT2D eigenvalue weighted by molar-refractivity contribution is 5.86. The molecule has 0 aromatic rings. The molecule has 0 radical (unpaired) electrons. The zero-order chi connectivity index (χ0) is 5.98. The summed E-state index contributed by atoms with van der Waals surface area (Å²) in [6.07, 6.45) is 2.07. The van der Waals surface area contributed by atoms with Crippen LogP contribution in [0.15, 0.2) is 11.8 Å². The lowest BCUT2D eigenvalue weighted by atomic mass is 10.3. The number of cyclic esters (lactones) is 1. The molecule has 1 aliphatic heterocycles. The molecule has 0 aromatic carbocycles. The van der Waals surface area contributed by atoms with Crippen LogP contribution in [0.5, 0.6) is 0 Å². The third-order valence-corrected chi connectivity index (χ3v) is 0.898. The van der Waals surface area contributed by atoms with Gasteiger partial charge >= 0.3 is 5.97 Å². The molecular formula is C5H6O3. The Kier molecular flexibility index (Phi) is 1.20. The molecule has 0 aliphatic carbocycles. The fourth-order valence-electron chi connectivity index (χ4n) is 0.505. The molecule has 0 amide bonds. The number of esters is 1. The molecule has 0 spiro atoms. The first-order valence-corrected chi connectivity index (χ1v) is 2.37. The van der Waals surface area contributed by atoms with Crippen molar-refractivity contribution in [1.29, 1.82) is 0 Å². The second-order valence-corrected chi connectivity index (χ2v) is 1.51. The summed E-state index contributed by atoms with van der Waals surface area (Å²) in [5.41, 5.74) is 0. The molecule has 44 valence electrons. The number of ether oxygens (including phenoxy) is 1. The van der Waals surface area contributed by atoms with E-state index in [4.69, 9.17) is 5.11 Å². The van der Waals surface area contributed by atoms with E-state index >= 15 is 0 Å². The molecule has 3 heteroatoms. The van der Waals surface area contributed by atoms with Crippen molar-refractivity contribution in [3.63, 3.8) is 0 Å². The number of hydrogen-bond acceptors (Lipinski definition) is 3. The molecular weight excluding hydrogens is 108 g/mol. The van der Waals surface area contributed by atoms with Crippen LogP contribution in [0.1, 0.15) is 6.42 Å². The summed E-state index contributed by atoms with van der Waals surface area (Å²) in [4.78, 5) is 10.3. The molecule has 0 aromatic heterocycles. The molecule has 0 saturated heterocycles. The molecule has 1 heterocycles. The average molecular weight is 114 g/mol. The standard InChI is InChI=1S/C5H6O3/c6-4-2-1-3-8-5(4)7/h2,6H,1,3H2. The first kappa shape index (κ1) is 5.15. The lowest BCUT2D eigenvalue weighted by molar-refractivity contribution is -0.143. The normalized spacial score (nSPS) is 19.5. The predicted octanol–water partition coefficient (Wildman–Crippen LogP) is 0.375. The number of rotatable bonds is 0. The third kappa shape index (κ3) is 0.804. The molecule has 3 nitrogen and oxygen atoms in total. The highest BCUT2D eigenvalue weighted by Gasteiger charge is 2.11. The Morgan fingerprint density at radius 3 is 2.88 bits per heavy atom. The second-order valence-electron chi connectivity index (χ2n) is 1.51. The number of hydrogen-bond donors (Lipinski definition) is 1. The quantitative estimate of drug-likeness (QED) is 0.463. The molecule has 1 aliphatic rings. The smallest absolute Gasteiger partial charge is 0.373 e. The monoisotopic (exact) mass is 114 g/mol. The minimum atomic E-state index is -0.615. The van der Waals surface area contributed by atoms with Crippen molar-refractivity contribution in [2.75, 3.05) is 6.61 Å². The lowest BCUT2D eigenvalue weighted by Gasteiger charge is -2.06. The summed E-state index contributed by atoms with van der Waals surface area (Å²) in [6, 6.07) is 0. The van der Waals surface area contributed by atoms with Crippen LogP contribution in [0.3, 0.4) is 0 Å². The van der Waals surface area contributed by atoms with E-state index in [9.17, 15) is 4.79 Å². The highest BCUT2D eigenvalue weighted by atomic mass is 16.5. The van der Waals surface area contributed by atoms with Crippen LogP contribution >= 0.6 is 0 Å². The Morgan fingerprint density at radius 2 is 2.50 bits per heavy atom. The minimum Gasteiger partial charge on any atom is -0.502 e. The van der Waals surface area contributed by atoms with Crippen molar-refractivity contribution in [3.05, 3.63) is 11.8 Å². The van der Waals surface area contributed by atoms with Crippen molar-refractivity contribution in [2.24, 2.45) is 0 Å². The van der Waals surface area contributed by atoms with E-state index in [0.717, 1.165) is 0 Å². The van der Waals surface area contributed by atoms with Crippen LogP contribution in [-0.2, 0) is 9.53 Å². The molecule has 1 N–H and O–H groups in total. The Balaban J connectivity index is 2.67. The fourth-order valence-corrected chi connectivity index (χ4v) is 0.505. The topological polar surface area (TPSA) is 46.5 Å². The summed E-state index contributed by atoms with van der Waals surface area (Å²) in [5, 5.41) is 8.56. The maximum absolute atomic E-state index is 10.3. The summed E-state index contributed by atoms with van der Waals surface area (Å²) in [7, 11) is 0. The van der Waals surface area contributed by atoms with Gasteiger partial charge in [0.2, 0.25) is 0 Å². The van der Waals surface area contributed by atoms with Gasteiger partial charge in [0, 0.05) is 6.42 Å². The van der Waals surface area contributed by atoms with Gasteiger partial charge in [0.05, 0.1) is 6.61 Å². The van der Waals surface area contributed by atoms with Crippen LogP contribution in [0.4, 0.5) is 0 Å². The van der Waals surface area contributed by atoms with Crippen molar-refractivity contribution in [1.82, 2.24) is 0 Å². The Bertz CT molecular complexity index is 137. The van der Waals surface area contributed by atoms with Crippen LogP contribution in [0.25, 0.3) is 0 Å². The maximum atomic E-state index is 10.3. The number of carbonyl (C=O) groups excluding carboxylic acids is 1. The minimum absolute atomic E-state index is 0.267. The van der Waals surface area contributed by atoms with Crippen LogP contribution in [0, 0.1) is 0 Å². The number of aliphatic hydroxyl groups excluding tert-OH is 1. The zero-order valence-corrected chi connectivity index (χ0v) is 4.26. The Labute approximate surface area is 46.6 Å². The van der Waals surface area contributed by atoms with Crippen molar-refractivity contribution in [3.8, 4) is 0 Å². The summed E-state index contributed by atoms with van der Waals surface area (Å²) < 4.78 is 4.43. The van der Waals surface area contributed by atoms with Crippen LogP contribution in [-0.4, -0.2) is 17.7 Å². The summed E-state index contributed by atoms with van der Waals surface area (Å²) in [5.74, 6) is -0.882. The third-order valence-electron chi connectivity index (χ3n) is 0.898. The lowest BCUT2D eigenvalue weighted by Crippen LogP contribution is -2.12. The van der Waals surface area contributed by atoms with E-state index in [-0.39, 0.29) is 5.76 Å². The van der Waals surface area contributed by atoms with Gasteiger partial charge in [0.1, 0.15) is 0 Å². The van der Waals surface area contributed by atoms with Gasteiger partial charge in [0.25, 0.3) is 0 Å². The van der Waals surface area contributed by atoms with Gasteiger partial charge in [-0.1, -0.05) is 0 Å². The van der Waals surface area contributed by atoms with Gasteiger partial charge in [-0.15, -0.1) is 0 Å². The van der Waals surface area contributed by atoms with Gasteiger partial charge in [-0.2, -0.15) is 0 Å². The molecule has 0 bridgehead atoms. The number of carbonyl (C=O) groups is 1. The summed E-state index contributed by atoms with van der Waals surface area (Å²) >= 11 is 0. The first-order valence-electron chi connectivity index (χ1n) is 2.37. The van der Waals surface area contributed by atoms with Gasteiger partial charge in [-0.05, 0) is 6.08 Å². The average Bonchev–Trinajstić information content (AvgIpc) is 1.77. The van der Waals surface area contributed by atoms with E-state index in [0.29, 0.717) is 13.0 Å². The fraction of sp³-hybridized carbons (Fsp3) is 0.400.